The van der Waals surface area contributed by atoms with E-state index in [-0.39, 0.29) is 5.84 Å². The van der Waals surface area contributed by atoms with Gasteiger partial charge in [0.05, 0.1) is 6.61 Å². The average Bonchev–Trinajstić information content (AvgIpc) is 2.46. The highest BCUT2D eigenvalue weighted by Crippen LogP contribution is 2.21. The molecule has 0 bridgehead atoms. The van der Waals surface area contributed by atoms with Crippen molar-refractivity contribution in [3.8, 4) is 5.75 Å². The maximum atomic E-state index is 8.39. The summed E-state index contributed by atoms with van der Waals surface area (Å²) in [5.41, 5.74) is 6.73. The minimum Gasteiger partial charge on any atom is -0.494 e. The monoisotopic (exact) mass is 264 g/mol. The Labute approximate surface area is 115 Å². The lowest BCUT2D eigenvalue weighted by atomic mass is 9.99. The average molecular weight is 264 g/mol. The van der Waals surface area contributed by atoms with Gasteiger partial charge >= 0.3 is 0 Å². The van der Waals surface area contributed by atoms with Crippen LogP contribution in [-0.4, -0.2) is 17.6 Å². The quantitative estimate of drug-likeness (QED) is 0.248. The van der Waals surface area contributed by atoms with Gasteiger partial charge in [-0.15, -0.1) is 0 Å². The van der Waals surface area contributed by atoms with Crippen LogP contribution < -0.4 is 10.5 Å². The molecule has 0 radical (unpaired) electrons. The largest absolute Gasteiger partial charge is 0.494 e. The van der Waals surface area contributed by atoms with E-state index in [4.69, 9.17) is 15.7 Å². The standard InChI is InChI=1S/C15H24N2O2/c1-3-12(2)13-7-9-14(10-8-13)19-11-5-4-6-15(16)17-18/h7-10,12,18H,3-6,11H2,1-2H3,(H2,16,17). The van der Waals surface area contributed by atoms with E-state index in [9.17, 15) is 0 Å². The first kappa shape index (κ1) is 15.3. The first-order valence-corrected chi connectivity index (χ1v) is 6.86. The van der Waals surface area contributed by atoms with Crippen LogP contribution in [0.1, 0.15) is 51.0 Å². The molecule has 0 saturated carbocycles. The summed E-state index contributed by atoms with van der Waals surface area (Å²) < 4.78 is 5.65. The van der Waals surface area contributed by atoms with Crippen LogP contribution >= 0.6 is 0 Å². The Morgan fingerprint density at radius 3 is 2.58 bits per heavy atom. The summed E-state index contributed by atoms with van der Waals surface area (Å²) in [6, 6.07) is 8.29. The Hall–Kier alpha value is -1.71. The van der Waals surface area contributed by atoms with Crippen molar-refractivity contribution in [3.05, 3.63) is 29.8 Å². The third-order valence-corrected chi connectivity index (χ3v) is 3.29. The lowest BCUT2D eigenvalue weighted by Gasteiger charge is -2.10. The Morgan fingerprint density at radius 2 is 2.00 bits per heavy atom. The molecule has 1 aromatic carbocycles. The second kappa shape index (κ2) is 8.40. The highest BCUT2D eigenvalue weighted by Gasteiger charge is 2.02. The lowest BCUT2D eigenvalue weighted by Crippen LogP contribution is -2.11. The second-order valence-electron chi connectivity index (χ2n) is 4.78. The van der Waals surface area contributed by atoms with Gasteiger partial charge in [-0.2, -0.15) is 0 Å². The number of oxime groups is 1. The number of hydrogen-bond acceptors (Lipinski definition) is 3. The van der Waals surface area contributed by atoms with Crippen LogP contribution in [0.4, 0.5) is 0 Å². The van der Waals surface area contributed by atoms with E-state index in [1.54, 1.807) is 0 Å². The van der Waals surface area contributed by atoms with Gasteiger partial charge in [-0.05, 0) is 42.9 Å². The van der Waals surface area contributed by atoms with E-state index in [2.05, 4.69) is 31.1 Å². The van der Waals surface area contributed by atoms with Crippen molar-refractivity contribution >= 4 is 5.84 Å². The highest BCUT2D eigenvalue weighted by atomic mass is 16.5. The van der Waals surface area contributed by atoms with Crippen molar-refractivity contribution in [2.45, 2.75) is 45.4 Å². The predicted molar refractivity (Wildman–Crippen MR) is 77.9 cm³/mol. The van der Waals surface area contributed by atoms with Crippen molar-refractivity contribution in [3.63, 3.8) is 0 Å². The van der Waals surface area contributed by atoms with Gasteiger partial charge in [0.25, 0.3) is 0 Å². The summed E-state index contributed by atoms with van der Waals surface area (Å²) >= 11 is 0. The van der Waals surface area contributed by atoms with Crippen molar-refractivity contribution in [1.29, 1.82) is 0 Å². The molecular formula is C15H24N2O2. The molecule has 0 amide bonds. The molecule has 0 saturated heterocycles. The Kier molecular flexibility index (Phi) is 6.79. The summed E-state index contributed by atoms with van der Waals surface area (Å²) in [5, 5.41) is 11.3. The Bertz CT molecular complexity index is 388. The van der Waals surface area contributed by atoms with Crippen LogP contribution in [0.25, 0.3) is 0 Å². The number of ether oxygens (including phenoxy) is 1. The maximum Gasteiger partial charge on any atom is 0.139 e. The van der Waals surface area contributed by atoms with E-state index in [0.717, 1.165) is 25.0 Å². The van der Waals surface area contributed by atoms with Crippen molar-refractivity contribution in [1.82, 2.24) is 0 Å². The molecule has 1 aromatic rings. The molecule has 19 heavy (non-hydrogen) atoms. The van der Waals surface area contributed by atoms with E-state index in [0.29, 0.717) is 18.9 Å². The highest BCUT2D eigenvalue weighted by molar-refractivity contribution is 5.79. The number of unbranched alkanes of at least 4 members (excludes halogenated alkanes) is 1. The molecule has 1 rings (SSSR count). The predicted octanol–water partition coefficient (Wildman–Crippen LogP) is 3.50. The topological polar surface area (TPSA) is 67.8 Å². The molecule has 4 nitrogen and oxygen atoms in total. The van der Waals surface area contributed by atoms with Crippen LogP contribution in [0.3, 0.4) is 0 Å². The molecule has 0 aliphatic heterocycles. The number of rotatable bonds is 8. The van der Waals surface area contributed by atoms with Crippen molar-refractivity contribution in [2.24, 2.45) is 10.9 Å². The van der Waals surface area contributed by atoms with Crippen molar-refractivity contribution in [2.75, 3.05) is 6.61 Å². The van der Waals surface area contributed by atoms with Gasteiger partial charge in [0, 0.05) is 6.42 Å². The molecule has 0 aliphatic rings. The fourth-order valence-electron chi connectivity index (χ4n) is 1.78. The fraction of sp³-hybridized carbons (Fsp3) is 0.533. The SMILES string of the molecule is CCC(C)c1ccc(OCCCC/C(N)=N/O)cc1. The minimum absolute atomic E-state index is 0.276. The zero-order valence-corrected chi connectivity index (χ0v) is 11.8. The molecule has 0 fully saturated rings. The normalized spacial score (nSPS) is 13.3. The zero-order valence-electron chi connectivity index (χ0n) is 11.8. The summed E-state index contributed by atoms with van der Waals surface area (Å²) in [6.45, 7) is 5.07. The Balaban J connectivity index is 2.26. The minimum atomic E-state index is 0.276. The van der Waals surface area contributed by atoms with Crippen LogP contribution in [0.2, 0.25) is 0 Å². The molecule has 0 aliphatic carbocycles. The van der Waals surface area contributed by atoms with Gasteiger partial charge in [0.15, 0.2) is 0 Å². The van der Waals surface area contributed by atoms with Gasteiger partial charge in [0.2, 0.25) is 0 Å². The fourth-order valence-corrected chi connectivity index (χ4v) is 1.78. The van der Waals surface area contributed by atoms with E-state index >= 15 is 0 Å². The summed E-state index contributed by atoms with van der Waals surface area (Å²) in [4.78, 5) is 0. The summed E-state index contributed by atoms with van der Waals surface area (Å²) in [7, 11) is 0. The van der Waals surface area contributed by atoms with Crippen LogP contribution in [0, 0.1) is 0 Å². The zero-order chi connectivity index (χ0) is 14.1. The second-order valence-corrected chi connectivity index (χ2v) is 4.78. The van der Waals surface area contributed by atoms with E-state index < -0.39 is 0 Å². The number of benzene rings is 1. The number of amidine groups is 1. The molecule has 106 valence electrons. The lowest BCUT2D eigenvalue weighted by molar-refractivity contribution is 0.304. The first-order chi connectivity index (χ1) is 9.17. The van der Waals surface area contributed by atoms with Gasteiger partial charge in [-0.1, -0.05) is 31.1 Å². The molecule has 0 heterocycles. The third-order valence-electron chi connectivity index (χ3n) is 3.29. The van der Waals surface area contributed by atoms with E-state index in [1.165, 1.54) is 5.56 Å². The van der Waals surface area contributed by atoms with Gasteiger partial charge in [-0.3, -0.25) is 0 Å². The third kappa shape index (κ3) is 5.64. The van der Waals surface area contributed by atoms with Crippen LogP contribution in [0.15, 0.2) is 29.4 Å². The van der Waals surface area contributed by atoms with E-state index in [1.807, 2.05) is 12.1 Å². The van der Waals surface area contributed by atoms with Crippen LogP contribution in [-0.2, 0) is 0 Å². The Morgan fingerprint density at radius 1 is 1.32 bits per heavy atom. The molecule has 4 heteroatoms. The molecule has 1 unspecified atom stereocenters. The summed E-state index contributed by atoms with van der Waals surface area (Å²) in [5.74, 6) is 1.77. The maximum absolute atomic E-state index is 8.39. The number of nitrogens with two attached hydrogens (primary N) is 1. The van der Waals surface area contributed by atoms with Crippen molar-refractivity contribution < 1.29 is 9.94 Å². The summed E-state index contributed by atoms with van der Waals surface area (Å²) in [6.07, 6.45) is 3.50. The van der Waals surface area contributed by atoms with Gasteiger partial charge < -0.3 is 15.7 Å². The molecular weight excluding hydrogens is 240 g/mol. The van der Waals surface area contributed by atoms with Gasteiger partial charge in [-0.25, -0.2) is 0 Å². The van der Waals surface area contributed by atoms with Gasteiger partial charge in [0.1, 0.15) is 11.6 Å². The molecule has 1 atom stereocenters. The smallest absolute Gasteiger partial charge is 0.139 e. The molecule has 0 spiro atoms. The molecule has 3 N–H and O–H groups in total. The van der Waals surface area contributed by atoms with Crippen LogP contribution in [0.5, 0.6) is 5.75 Å². The number of hydrogen-bond donors (Lipinski definition) is 2. The first-order valence-electron chi connectivity index (χ1n) is 6.86. The number of nitrogens with zero attached hydrogens (tertiary/aromatic N) is 1. The molecule has 0 aromatic heterocycles.